The summed E-state index contributed by atoms with van der Waals surface area (Å²) in [6.07, 6.45) is 7.81. The number of nitriles is 1. The Morgan fingerprint density at radius 3 is 2.64 bits per heavy atom. The lowest BCUT2D eigenvalue weighted by Gasteiger charge is -2.32. The fourth-order valence-electron chi connectivity index (χ4n) is 4.90. The fourth-order valence-corrected chi connectivity index (χ4v) is 4.90. The molecule has 1 saturated carbocycles. The van der Waals surface area contributed by atoms with Crippen LogP contribution in [0, 0.1) is 24.2 Å². The molecule has 3 aromatic rings. The number of nitrogens with zero attached hydrogens (tertiary/aromatic N) is 4. The Kier molecular flexibility index (Phi) is 5.37. The zero-order chi connectivity index (χ0) is 23.1. The Labute approximate surface area is 193 Å². The highest BCUT2D eigenvalue weighted by molar-refractivity contribution is 6.06. The molecule has 0 spiro atoms. The summed E-state index contributed by atoms with van der Waals surface area (Å²) in [7, 11) is 2.00. The molecule has 1 aliphatic heterocycles. The van der Waals surface area contributed by atoms with Gasteiger partial charge in [-0.15, -0.1) is 0 Å². The molecule has 1 saturated heterocycles. The predicted molar refractivity (Wildman–Crippen MR) is 126 cm³/mol. The summed E-state index contributed by atoms with van der Waals surface area (Å²) in [5.41, 5.74) is 4.67. The maximum atomic E-state index is 12.8. The van der Waals surface area contributed by atoms with E-state index in [9.17, 15) is 9.59 Å². The number of likely N-dealkylation sites (tertiary alicyclic amines) is 1. The molecule has 2 fully saturated rings. The van der Waals surface area contributed by atoms with Gasteiger partial charge in [-0.05, 0) is 67.9 Å². The summed E-state index contributed by atoms with van der Waals surface area (Å²) in [5.74, 6) is 0.691. The van der Waals surface area contributed by atoms with Crippen LogP contribution < -0.4 is 5.32 Å². The fraction of sp³-hybridized carbons (Fsp3) is 0.385. The monoisotopic (exact) mass is 441 g/mol. The number of nitrogens with one attached hydrogen (secondary N) is 1. The first-order chi connectivity index (χ1) is 16.0. The SMILES string of the molecule is Cc1c(NC(=O)c2cccc(C#N)c2)cnc2c1c(C1CCN(C(=O)C3CC3)CC1)cn2C. The molecule has 5 rings (SSSR count). The van der Waals surface area contributed by atoms with Crippen molar-refractivity contribution in [3.8, 4) is 6.07 Å². The van der Waals surface area contributed by atoms with E-state index in [1.54, 1.807) is 30.5 Å². The van der Waals surface area contributed by atoms with Gasteiger partial charge in [-0.1, -0.05) is 6.07 Å². The van der Waals surface area contributed by atoms with Gasteiger partial charge in [-0.3, -0.25) is 9.59 Å². The first-order valence-electron chi connectivity index (χ1n) is 11.5. The molecule has 168 valence electrons. The summed E-state index contributed by atoms with van der Waals surface area (Å²) in [6, 6.07) is 8.73. The number of hydrogen-bond donors (Lipinski definition) is 1. The van der Waals surface area contributed by atoms with Gasteiger partial charge in [0, 0.05) is 43.2 Å². The second-order valence-corrected chi connectivity index (χ2v) is 9.21. The van der Waals surface area contributed by atoms with Gasteiger partial charge in [0.1, 0.15) is 5.65 Å². The third kappa shape index (κ3) is 3.97. The van der Waals surface area contributed by atoms with E-state index in [1.807, 2.05) is 23.4 Å². The van der Waals surface area contributed by atoms with Gasteiger partial charge in [-0.2, -0.15) is 5.26 Å². The van der Waals surface area contributed by atoms with Crippen LogP contribution in [-0.4, -0.2) is 39.4 Å². The van der Waals surface area contributed by atoms with Crippen molar-refractivity contribution in [1.29, 1.82) is 5.26 Å². The van der Waals surface area contributed by atoms with Crippen LogP contribution in [-0.2, 0) is 11.8 Å². The molecule has 1 N–H and O–H groups in total. The van der Waals surface area contributed by atoms with E-state index in [0.717, 1.165) is 55.4 Å². The van der Waals surface area contributed by atoms with Crippen molar-refractivity contribution in [3.05, 3.63) is 58.9 Å². The van der Waals surface area contributed by atoms with Gasteiger partial charge < -0.3 is 14.8 Å². The zero-order valence-corrected chi connectivity index (χ0v) is 19.0. The standard InChI is InChI=1S/C26H27N5O2/c1-16-22(29-25(32)20-5-3-4-17(12-20)13-27)14-28-24-23(16)21(15-30(24)2)18-8-10-31(11-9-18)26(33)19-6-7-19/h3-5,12,14-15,18-19H,6-11H2,1-2H3,(H,29,32). The topological polar surface area (TPSA) is 91.0 Å². The Hall–Kier alpha value is -3.66. The molecule has 0 unspecified atom stereocenters. The third-order valence-corrected chi connectivity index (χ3v) is 6.95. The number of piperidine rings is 1. The van der Waals surface area contributed by atoms with Crippen molar-refractivity contribution in [2.45, 2.75) is 38.5 Å². The average molecular weight is 442 g/mol. The Morgan fingerprint density at radius 2 is 1.94 bits per heavy atom. The summed E-state index contributed by atoms with van der Waals surface area (Å²) >= 11 is 0. The number of amides is 2. The second kappa shape index (κ2) is 8.36. The number of aromatic nitrogens is 2. The van der Waals surface area contributed by atoms with Gasteiger partial charge in [-0.25, -0.2) is 4.98 Å². The molecule has 1 aromatic carbocycles. The maximum absolute atomic E-state index is 12.8. The van der Waals surface area contributed by atoms with E-state index in [2.05, 4.69) is 22.6 Å². The lowest BCUT2D eigenvalue weighted by Crippen LogP contribution is -2.38. The number of carbonyl (C=O) groups excluding carboxylic acids is 2. The number of rotatable bonds is 4. The first kappa shape index (κ1) is 21.2. The molecule has 2 amide bonds. The largest absolute Gasteiger partial charge is 0.342 e. The maximum Gasteiger partial charge on any atom is 0.255 e. The molecule has 2 aliphatic rings. The summed E-state index contributed by atoms with van der Waals surface area (Å²) in [5, 5.41) is 13.2. The number of carbonyl (C=O) groups is 2. The van der Waals surface area contributed by atoms with Crippen molar-refractivity contribution in [2.75, 3.05) is 18.4 Å². The van der Waals surface area contributed by atoms with E-state index in [4.69, 9.17) is 5.26 Å². The highest BCUT2D eigenvalue weighted by Gasteiger charge is 2.35. The number of fused-ring (bicyclic) bond motifs is 1. The van der Waals surface area contributed by atoms with Crippen LogP contribution in [0.5, 0.6) is 0 Å². The molecule has 33 heavy (non-hydrogen) atoms. The minimum absolute atomic E-state index is 0.263. The van der Waals surface area contributed by atoms with Gasteiger partial charge in [0.05, 0.1) is 23.5 Å². The van der Waals surface area contributed by atoms with Gasteiger partial charge in [0.25, 0.3) is 5.91 Å². The number of hydrogen-bond acceptors (Lipinski definition) is 4. The molecule has 2 aromatic heterocycles. The predicted octanol–water partition coefficient (Wildman–Crippen LogP) is 4.12. The van der Waals surface area contributed by atoms with Crippen molar-refractivity contribution in [1.82, 2.24) is 14.5 Å². The van der Waals surface area contributed by atoms with Crippen LogP contribution >= 0.6 is 0 Å². The zero-order valence-electron chi connectivity index (χ0n) is 19.0. The number of aryl methyl sites for hydroxylation is 2. The molecule has 0 radical (unpaired) electrons. The van der Waals surface area contributed by atoms with E-state index in [1.165, 1.54) is 5.56 Å². The molecule has 0 bridgehead atoms. The highest BCUT2D eigenvalue weighted by Crippen LogP contribution is 2.38. The van der Waals surface area contributed by atoms with Crippen LogP contribution in [0.1, 0.15) is 58.6 Å². The van der Waals surface area contributed by atoms with Crippen molar-refractivity contribution < 1.29 is 9.59 Å². The summed E-state index contributed by atoms with van der Waals surface area (Å²) in [4.78, 5) is 31.9. The van der Waals surface area contributed by atoms with Crippen molar-refractivity contribution >= 4 is 28.5 Å². The summed E-state index contributed by atoms with van der Waals surface area (Å²) in [6.45, 7) is 3.61. The van der Waals surface area contributed by atoms with E-state index >= 15 is 0 Å². The van der Waals surface area contributed by atoms with Crippen LogP contribution in [0.3, 0.4) is 0 Å². The molecule has 7 heteroatoms. The molecule has 3 heterocycles. The average Bonchev–Trinajstić information content (AvgIpc) is 3.64. The van der Waals surface area contributed by atoms with Gasteiger partial charge in [0.2, 0.25) is 5.91 Å². The first-order valence-corrected chi connectivity index (χ1v) is 11.5. The summed E-state index contributed by atoms with van der Waals surface area (Å²) < 4.78 is 2.04. The van der Waals surface area contributed by atoms with Crippen LogP contribution in [0.25, 0.3) is 11.0 Å². The van der Waals surface area contributed by atoms with Crippen molar-refractivity contribution in [2.24, 2.45) is 13.0 Å². The lowest BCUT2D eigenvalue weighted by molar-refractivity contribution is -0.133. The Morgan fingerprint density at radius 1 is 1.18 bits per heavy atom. The Balaban J connectivity index is 1.40. The van der Waals surface area contributed by atoms with Crippen LogP contribution in [0.2, 0.25) is 0 Å². The van der Waals surface area contributed by atoms with Crippen LogP contribution in [0.4, 0.5) is 5.69 Å². The third-order valence-electron chi connectivity index (χ3n) is 6.95. The number of benzene rings is 1. The number of anilines is 1. The molecular weight excluding hydrogens is 414 g/mol. The van der Waals surface area contributed by atoms with Gasteiger partial charge >= 0.3 is 0 Å². The minimum atomic E-state index is -0.263. The second-order valence-electron chi connectivity index (χ2n) is 9.21. The van der Waals surface area contributed by atoms with E-state index < -0.39 is 0 Å². The number of pyridine rings is 1. The highest BCUT2D eigenvalue weighted by atomic mass is 16.2. The van der Waals surface area contributed by atoms with Gasteiger partial charge in [0.15, 0.2) is 0 Å². The molecular formula is C26H27N5O2. The lowest BCUT2D eigenvalue weighted by atomic mass is 9.88. The minimum Gasteiger partial charge on any atom is -0.342 e. The molecule has 0 atom stereocenters. The van der Waals surface area contributed by atoms with Crippen molar-refractivity contribution in [3.63, 3.8) is 0 Å². The van der Waals surface area contributed by atoms with E-state index in [-0.39, 0.29) is 11.8 Å². The van der Waals surface area contributed by atoms with E-state index in [0.29, 0.717) is 28.6 Å². The Bertz CT molecular complexity index is 1290. The van der Waals surface area contributed by atoms with Crippen LogP contribution in [0.15, 0.2) is 36.7 Å². The molecule has 7 nitrogen and oxygen atoms in total. The normalized spacial score (nSPS) is 16.6. The molecule has 1 aliphatic carbocycles. The smallest absolute Gasteiger partial charge is 0.255 e. The quantitative estimate of drug-likeness (QED) is 0.659.